The van der Waals surface area contributed by atoms with Crippen LogP contribution in [0, 0.1) is 0 Å². The van der Waals surface area contributed by atoms with Crippen molar-refractivity contribution in [2.75, 3.05) is 13.2 Å². The third-order valence-corrected chi connectivity index (χ3v) is 3.52. The summed E-state index contributed by atoms with van der Waals surface area (Å²) < 4.78 is 11.2. The molecule has 2 rings (SSSR count). The average Bonchev–Trinajstić information content (AvgIpc) is 2.48. The minimum absolute atomic E-state index is 0. The predicted octanol–water partition coefficient (Wildman–Crippen LogP) is 2.57. The summed E-state index contributed by atoms with van der Waals surface area (Å²) in [6, 6.07) is 12.9. The van der Waals surface area contributed by atoms with Gasteiger partial charge in [-0.05, 0) is 31.3 Å². The number of ether oxygens (including phenoxy) is 2. The molecule has 0 fully saturated rings. The third-order valence-electron chi connectivity index (χ3n) is 3.02. The van der Waals surface area contributed by atoms with Gasteiger partial charge in [0.1, 0.15) is 17.1 Å². The van der Waals surface area contributed by atoms with Crippen LogP contribution in [0.15, 0.2) is 42.5 Å². The van der Waals surface area contributed by atoms with E-state index in [2.05, 4.69) is 9.24 Å². The zero-order valence-electron chi connectivity index (χ0n) is 12.3. The predicted molar refractivity (Wildman–Crippen MR) is 95.1 cm³/mol. The number of ketones is 1. The number of hydrogen-bond donors (Lipinski definition) is 0. The van der Waals surface area contributed by atoms with Crippen LogP contribution in [-0.4, -0.2) is 37.9 Å². The molecule has 0 saturated heterocycles. The van der Waals surface area contributed by atoms with E-state index in [1.165, 1.54) is 0 Å². The second-order valence-corrected chi connectivity index (χ2v) is 5.03. The van der Waals surface area contributed by atoms with Gasteiger partial charge in [0.05, 0.1) is 13.2 Å². The first kappa shape index (κ1) is 18.8. The first-order valence-corrected chi connectivity index (χ1v) is 7.54. The molecule has 2 aromatic carbocycles. The third kappa shape index (κ3) is 4.14. The van der Waals surface area contributed by atoms with E-state index in [9.17, 15) is 4.79 Å². The van der Waals surface area contributed by atoms with Crippen molar-refractivity contribution >= 4 is 39.2 Å². The summed E-state index contributed by atoms with van der Waals surface area (Å²) in [5.74, 6) is 1.02. The van der Waals surface area contributed by atoms with Gasteiger partial charge < -0.3 is 9.47 Å². The van der Waals surface area contributed by atoms with Crippen LogP contribution in [0.25, 0.3) is 0 Å². The normalized spacial score (nSPS) is 9.77. The molecule has 0 aliphatic heterocycles. The van der Waals surface area contributed by atoms with Crippen molar-refractivity contribution in [3.05, 3.63) is 53.6 Å². The van der Waals surface area contributed by atoms with Gasteiger partial charge in [-0.25, -0.2) is 0 Å². The average molecular weight is 310 g/mol. The first-order chi connectivity index (χ1) is 10.2. The summed E-state index contributed by atoms with van der Waals surface area (Å²) in [6.07, 6.45) is 0. The van der Waals surface area contributed by atoms with Crippen LogP contribution in [0.4, 0.5) is 0 Å². The topological polar surface area (TPSA) is 35.5 Å². The number of carbonyl (C=O) groups excluding carboxylic acids is 1. The van der Waals surface area contributed by atoms with E-state index in [1.54, 1.807) is 12.1 Å². The van der Waals surface area contributed by atoms with Crippen LogP contribution in [0.2, 0.25) is 0 Å². The second-order valence-electron chi connectivity index (χ2n) is 4.41. The van der Waals surface area contributed by atoms with Gasteiger partial charge in [-0.15, -0.1) is 9.24 Å². The second kappa shape index (κ2) is 9.01. The fourth-order valence-corrected chi connectivity index (χ4v) is 2.46. The molecule has 3 nitrogen and oxygen atoms in total. The van der Waals surface area contributed by atoms with Gasteiger partial charge >= 0.3 is 18.9 Å². The van der Waals surface area contributed by atoms with Gasteiger partial charge in [-0.1, -0.05) is 30.3 Å². The molecule has 0 aliphatic carbocycles. The quantitative estimate of drug-likeness (QED) is 0.467. The van der Waals surface area contributed by atoms with Crippen LogP contribution in [0.1, 0.15) is 29.8 Å². The van der Waals surface area contributed by atoms with Crippen molar-refractivity contribution in [1.29, 1.82) is 0 Å². The molecule has 1 unspecified atom stereocenters. The number of rotatable bonds is 6. The Morgan fingerprint density at radius 1 is 0.955 bits per heavy atom. The summed E-state index contributed by atoms with van der Waals surface area (Å²) in [5.41, 5.74) is 1.12. The summed E-state index contributed by atoms with van der Waals surface area (Å²) in [6.45, 7) is 4.78. The molecule has 1 atom stereocenters. The SMILES string of the molecule is CCOc1cccc(OCC)c1C(=O)c1ccccc1P.[LiH]. The standard InChI is InChI=1S/C17H19O3P.Li.H/c1-3-19-13-9-7-10-14(20-4-2)16(13)17(18)12-8-5-6-11-15(12)21;;/h5-11H,3-4,21H2,1-2H3;;. The minimum atomic E-state index is -0.0897. The fraction of sp³-hybridized carbons (Fsp3) is 0.235. The molecule has 0 spiro atoms. The molecule has 0 saturated carbocycles. The Morgan fingerprint density at radius 3 is 2.00 bits per heavy atom. The fourth-order valence-electron chi connectivity index (χ4n) is 2.12. The summed E-state index contributed by atoms with van der Waals surface area (Å²) in [4.78, 5) is 12.9. The van der Waals surface area contributed by atoms with Gasteiger partial charge in [0.2, 0.25) is 5.78 Å². The molecule has 2 aromatic rings. The van der Waals surface area contributed by atoms with Crippen molar-refractivity contribution in [1.82, 2.24) is 0 Å². The van der Waals surface area contributed by atoms with E-state index in [4.69, 9.17) is 9.47 Å². The number of carbonyl (C=O) groups is 1. The molecule has 0 N–H and O–H groups in total. The molecule has 0 radical (unpaired) electrons. The number of benzene rings is 2. The maximum absolute atomic E-state index is 12.9. The molecular formula is C17H20LiO3P. The van der Waals surface area contributed by atoms with E-state index in [0.29, 0.717) is 35.8 Å². The van der Waals surface area contributed by atoms with E-state index in [-0.39, 0.29) is 24.6 Å². The Hall–Kier alpha value is -1.26. The van der Waals surface area contributed by atoms with Gasteiger partial charge in [0.15, 0.2) is 0 Å². The Morgan fingerprint density at radius 2 is 1.50 bits per heavy atom. The number of hydrogen-bond acceptors (Lipinski definition) is 3. The van der Waals surface area contributed by atoms with Crippen LogP contribution in [-0.2, 0) is 0 Å². The first-order valence-electron chi connectivity index (χ1n) is 6.96. The monoisotopic (exact) mass is 310 g/mol. The van der Waals surface area contributed by atoms with Crippen molar-refractivity contribution in [3.63, 3.8) is 0 Å². The van der Waals surface area contributed by atoms with Crippen molar-refractivity contribution in [3.8, 4) is 11.5 Å². The summed E-state index contributed by atoms with van der Waals surface area (Å²) in [7, 11) is 2.59. The van der Waals surface area contributed by atoms with Gasteiger partial charge in [0, 0.05) is 5.56 Å². The Balaban J connectivity index is 0.00000242. The van der Waals surface area contributed by atoms with E-state index >= 15 is 0 Å². The molecular weight excluding hydrogens is 290 g/mol. The van der Waals surface area contributed by atoms with Crippen molar-refractivity contribution in [2.24, 2.45) is 0 Å². The van der Waals surface area contributed by atoms with E-state index in [1.807, 2.05) is 44.2 Å². The summed E-state index contributed by atoms with van der Waals surface area (Å²) in [5, 5.41) is 0.858. The maximum atomic E-state index is 12.9. The zero-order chi connectivity index (χ0) is 15.2. The molecule has 112 valence electrons. The Labute approximate surface area is 145 Å². The molecule has 22 heavy (non-hydrogen) atoms. The van der Waals surface area contributed by atoms with Gasteiger partial charge in [-0.2, -0.15) is 0 Å². The van der Waals surface area contributed by atoms with Crippen LogP contribution < -0.4 is 14.8 Å². The van der Waals surface area contributed by atoms with Gasteiger partial charge in [-0.3, -0.25) is 4.79 Å². The zero-order valence-corrected chi connectivity index (χ0v) is 13.4. The molecule has 5 heteroatoms. The Kier molecular flexibility index (Phi) is 7.69. The van der Waals surface area contributed by atoms with Crippen LogP contribution in [0.3, 0.4) is 0 Å². The molecule has 0 aliphatic rings. The molecule has 0 aromatic heterocycles. The van der Waals surface area contributed by atoms with Crippen LogP contribution in [0.5, 0.6) is 11.5 Å². The molecule has 0 bridgehead atoms. The van der Waals surface area contributed by atoms with E-state index in [0.717, 1.165) is 5.30 Å². The molecule has 0 amide bonds. The van der Waals surface area contributed by atoms with Gasteiger partial charge in [0.25, 0.3) is 0 Å². The van der Waals surface area contributed by atoms with Crippen molar-refractivity contribution < 1.29 is 14.3 Å². The summed E-state index contributed by atoms with van der Waals surface area (Å²) >= 11 is 0. The van der Waals surface area contributed by atoms with Crippen molar-refractivity contribution in [2.45, 2.75) is 13.8 Å². The van der Waals surface area contributed by atoms with Crippen LogP contribution >= 0.6 is 9.24 Å². The Bertz CT molecular complexity index is 619. The molecule has 0 heterocycles. The van der Waals surface area contributed by atoms with E-state index < -0.39 is 0 Å².